The zero-order chi connectivity index (χ0) is 17.8. The van der Waals surface area contributed by atoms with Crippen molar-refractivity contribution in [3.05, 3.63) is 35.9 Å². The molecule has 5 aliphatic rings. The number of carbonyl (C=O) groups excluding carboxylic acids is 2. The van der Waals surface area contributed by atoms with E-state index in [9.17, 15) is 9.59 Å². The Morgan fingerprint density at radius 3 is 2.62 bits per heavy atom. The van der Waals surface area contributed by atoms with Crippen molar-refractivity contribution in [2.24, 2.45) is 17.3 Å². The molecule has 6 rings (SSSR count). The summed E-state index contributed by atoms with van der Waals surface area (Å²) in [6.45, 7) is 3.16. The van der Waals surface area contributed by atoms with Gasteiger partial charge in [0.05, 0.1) is 13.2 Å². The number of nitrogens with zero attached hydrogens (tertiary/aromatic N) is 1. The standard InChI is InChI=1S/C22H27NO3/c24-19-7-6-17-13-21(12-16-4-2-1-3-5-16)14-18(19)22(17,15-20(21)25)23-8-10-26-11-9-23/h1-5,17-18H,6-15H2/t17-,18-,21-,22-/m1/s1. The second-order valence-corrected chi connectivity index (χ2v) is 8.80. The lowest BCUT2D eigenvalue weighted by atomic mass is 9.43. The van der Waals surface area contributed by atoms with E-state index >= 15 is 0 Å². The molecule has 0 N–H and O–H groups in total. The average Bonchev–Trinajstić information content (AvgIpc) is 2.67. The van der Waals surface area contributed by atoms with Crippen molar-refractivity contribution < 1.29 is 14.3 Å². The molecule has 1 aromatic rings. The summed E-state index contributed by atoms with van der Waals surface area (Å²) in [5.41, 5.74) is 0.697. The fourth-order valence-electron chi connectivity index (χ4n) is 6.56. The van der Waals surface area contributed by atoms with Gasteiger partial charge in [0, 0.05) is 42.8 Å². The molecule has 1 aromatic carbocycles. The Morgan fingerprint density at radius 2 is 1.85 bits per heavy atom. The monoisotopic (exact) mass is 353 g/mol. The molecule has 4 atom stereocenters. The smallest absolute Gasteiger partial charge is 0.141 e. The minimum atomic E-state index is -0.319. The molecule has 26 heavy (non-hydrogen) atoms. The highest BCUT2D eigenvalue weighted by Crippen LogP contribution is 2.62. The molecular weight excluding hydrogens is 326 g/mol. The topological polar surface area (TPSA) is 46.6 Å². The first-order valence-electron chi connectivity index (χ1n) is 10.1. The first kappa shape index (κ1) is 16.6. The van der Waals surface area contributed by atoms with Crippen LogP contribution < -0.4 is 0 Å². The van der Waals surface area contributed by atoms with E-state index in [0.29, 0.717) is 30.3 Å². The van der Waals surface area contributed by atoms with Gasteiger partial charge in [0.1, 0.15) is 11.6 Å². The van der Waals surface area contributed by atoms with Crippen LogP contribution in [0.5, 0.6) is 0 Å². The summed E-state index contributed by atoms with van der Waals surface area (Å²) in [7, 11) is 0. The van der Waals surface area contributed by atoms with Gasteiger partial charge in [0.15, 0.2) is 0 Å². The van der Waals surface area contributed by atoms with Crippen LogP contribution >= 0.6 is 0 Å². The Balaban J connectivity index is 1.53. The number of hydrogen-bond acceptors (Lipinski definition) is 4. The number of rotatable bonds is 3. The predicted octanol–water partition coefficient (Wildman–Crippen LogP) is 2.65. The second kappa shape index (κ2) is 6.00. The Morgan fingerprint density at radius 1 is 1.08 bits per heavy atom. The first-order chi connectivity index (χ1) is 12.6. The van der Waals surface area contributed by atoms with Crippen LogP contribution in [0.3, 0.4) is 0 Å². The average molecular weight is 353 g/mol. The van der Waals surface area contributed by atoms with Crippen molar-refractivity contribution in [2.75, 3.05) is 26.3 Å². The minimum Gasteiger partial charge on any atom is -0.379 e. The molecule has 4 saturated carbocycles. The molecule has 1 saturated heterocycles. The third-order valence-electron chi connectivity index (χ3n) is 7.69. The molecular formula is C22H27NO3. The molecule has 4 heteroatoms. The Hall–Kier alpha value is -1.52. The zero-order valence-corrected chi connectivity index (χ0v) is 15.3. The maximum atomic E-state index is 13.4. The summed E-state index contributed by atoms with van der Waals surface area (Å²) in [6, 6.07) is 10.4. The van der Waals surface area contributed by atoms with E-state index in [4.69, 9.17) is 4.74 Å². The Kier molecular flexibility index (Phi) is 3.84. The van der Waals surface area contributed by atoms with Gasteiger partial charge in [-0.05, 0) is 37.2 Å². The molecule has 0 radical (unpaired) electrons. The van der Waals surface area contributed by atoms with Gasteiger partial charge in [-0.1, -0.05) is 30.3 Å². The van der Waals surface area contributed by atoms with Crippen LogP contribution in [0, 0.1) is 17.3 Å². The molecule has 138 valence electrons. The molecule has 0 unspecified atom stereocenters. The first-order valence-corrected chi connectivity index (χ1v) is 10.1. The molecule has 4 aliphatic carbocycles. The Labute approximate surface area is 154 Å². The fraction of sp³-hybridized carbons (Fsp3) is 0.636. The number of benzene rings is 1. The van der Waals surface area contributed by atoms with E-state index in [1.165, 1.54) is 5.56 Å². The van der Waals surface area contributed by atoms with Crippen molar-refractivity contribution in [1.82, 2.24) is 4.90 Å². The van der Waals surface area contributed by atoms with Crippen molar-refractivity contribution >= 4 is 11.6 Å². The van der Waals surface area contributed by atoms with Gasteiger partial charge in [-0.2, -0.15) is 0 Å². The van der Waals surface area contributed by atoms with Crippen LogP contribution in [0.2, 0.25) is 0 Å². The van der Waals surface area contributed by atoms with E-state index in [0.717, 1.165) is 52.0 Å². The highest BCUT2D eigenvalue weighted by Gasteiger charge is 2.68. The summed E-state index contributed by atoms with van der Waals surface area (Å²) >= 11 is 0. The molecule has 4 bridgehead atoms. The highest BCUT2D eigenvalue weighted by molar-refractivity contribution is 5.94. The lowest BCUT2D eigenvalue weighted by molar-refractivity contribution is -0.188. The fourth-order valence-corrected chi connectivity index (χ4v) is 6.56. The minimum absolute atomic E-state index is 0.0366. The summed E-state index contributed by atoms with van der Waals surface area (Å²) in [5, 5.41) is 0. The Bertz CT molecular complexity index is 726. The number of Topliss-reactive ketones (excluding diaryl/α,β-unsaturated/α-hetero) is 2. The van der Waals surface area contributed by atoms with Crippen molar-refractivity contribution in [3.63, 3.8) is 0 Å². The van der Waals surface area contributed by atoms with Gasteiger partial charge >= 0.3 is 0 Å². The molecule has 1 aliphatic heterocycles. The molecule has 4 nitrogen and oxygen atoms in total. The maximum Gasteiger partial charge on any atom is 0.141 e. The van der Waals surface area contributed by atoms with Crippen LogP contribution in [-0.2, 0) is 20.7 Å². The highest BCUT2D eigenvalue weighted by atomic mass is 16.5. The van der Waals surface area contributed by atoms with Crippen LogP contribution in [0.25, 0.3) is 0 Å². The van der Waals surface area contributed by atoms with E-state index in [1.54, 1.807) is 0 Å². The molecule has 1 heterocycles. The summed E-state index contributed by atoms with van der Waals surface area (Å²) in [6.07, 6.45) is 4.75. The van der Waals surface area contributed by atoms with Crippen molar-refractivity contribution in [1.29, 1.82) is 0 Å². The van der Waals surface area contributed by atoms with Crippen molar-refractivity contribution in [2.45, 2.75) is 44.1 Å². The quantitative estimate of drug-likeness (QED) is 0.838. The number of morpholine rings is 1. The third kappa shape index (κ3) is 2.28. The molecule has 5 fully saturated rings. The van der Waals surface area contributed by atoms with E-state index < -0.39 is 0 Å². The summed E-state index contributed by atoms with van der Waals surface area (Å²) < 4.78 is 5.56. The zero-order valence-electron chi connectivity index (χ0n) is 15.3. The second-order valence-electron chi connectivity index (χ2n) is 8.80. The number of fused-ring (bicyclic) bond motifs is 1. The normalized spacial score (nSPS) is 40.0. The van der Waals surface area contributed by atoms with E-state index in [-0.39, 0.29) is 16.9 Å². The summed E-state index contributed by atoms with van der Waals surface area (Å²) in [5.74, 6) is 1.31. The van der Waals surface area contributed by atoms with E-state index in [2.05, 4.69) is 17.0 Å². The maximum absolute atomic E-state index is 13.4. The number of ether oxygens (including phenoxy) is 1. The van der Waals surface area contributed by atoms with Crippen LogP contribution in [0.1, 0.15) is 37.7 Å². The van der Waals surface area contributed by atoms with Gasteiger partial charge in [0.2, 0.25) is 0 Å². The molecule has 0 spiro atoms. The van der Waals surface area contributed by atoms with Gasteiger partial charge in [0.25, 0.3) is 0 Å². The number of ketones is 2. The van der Waals surface area contributed by atoms with E-state index in [1.807, 2.05) is 18.2 Å². The molecule has 0 amide bonds. The van der Waals surface area contributed by atoms with Gasteiger partial charge in [-0.3, -0.25) is 14.5 Å². The third-order valence-corrected chi connectivity index (χ3v) is 7.69. The number of carbonyl (C=O) groups is 2. The van der Waals surface area contributed by atoms with Crippen LogP contribution in [-0.4, -0.2) is 48.3 Å². The van der Waals surface area contributed by atoms with Crippen LogP contribution in [0.15, 0.2) is 30.3 Å². The summed E-state index contributed by atoms with van der Waals surface area (Å²) in [4.78, 5) is 28.8. The van der Waals surface area contributed by atoms with Crippen LogP contribution in [0.4, 0.5) is 0 Å². The van der Waals surface area contributed by atoms with Gasteiger partial charge in [-0.15, -0.1) is 0 Å². The predicted molar refractivity (Wildman–Crippen MR) is 97.8 cm³/mol. The number of hydrogen-bond donors (Lipinski definition) is 0. The molecule has 0 aromatic heterocycles. The SMILES string of the molecule is O=C1CC[C@@H]2C[C@]3(Cc4ccccc4)C[C@H]1[C@@]2(N1CCOCC1)CC3=O. The van der Waals surface area contributed by atoms with Gasteiger partial charge < -0.3 is 4.74 Å². The largest absolute Gasteiger partial charge is 0.379 e. The lowest BCUT2D eigenvalue weighted by Crippen LogP contribution is -2.74. The lowest BCUT2D eigenvalue weighted by Gasteiger charge is -2.66. The van der Waals surface area contributed by atoms with Crippen molar-refractivity contribution in [3.8, 4) is 0 Å². The van der Waals surface area contributed by atoms with Gasteiger partial charge in [-0.25, -0.2) is 0 Å².